The third kappa shape index (κ3) is 6.14. The summed E-state index contributed by atoms with van der Waals surface area (Å²) in [5.74, 6) is 1.12. The van der Waals surface area contributed by atoms with E-state index in [9.17, 15) is 9.59 Å². The average molecular weight is 358 g/mol. The summed E-state index contributed by atoms with van der Waals surface area (Å²) in [4.78, 5) is 25.3. The number of thioether (sulfide) groups is 1. The maximum atomic E-state index is 11.9. The Balaban J connectivity index is 1.50. The smallest absolute Gasteiger partial charge is 0.315 e. The first kappa shape index (κ1) is 19.3. The first-order valence-corrected chi connectivity index (χ1v) is 9.93. The highest BCUT2D eigenvalue weighted by Gasteiger charge is 2.42. The molecule has 2 heterocycles. The van der Waals surface area contributed by atoms with Gasteiger partial charge in [-0.3, -0.25) is 9.69 Å². The van der Waals surface area contributed by atoms with Crippen LogP contribution in [0.1, 0.15) is 32.1 Å². The Kier molecular flexibility index (Phi) is 8.14. The topological polar surface area (TPSA) is 85.5 Å². The molecular weight excluding hydrogens is 326 g/mol. The molecular formula is C16H31N5O2S. The molecule has 0 aromatic rings. The van der Waals surface area contributed by atoms with Gasteiger partial charge in [-0.1, -0.05) is 6.42 Å². The largest absolute Gasteiger partial charge is 0.343 e. The first-order valence-electron chi connectivity index (χ1n) is 8.88. The van der Waals surface area contributed by atoms with Gasteiger partial charge in [-0.15, -0.1) is 0 Å². The van der Waals surface area contributed by atoms with E-state index in [0.717, 1.165) is 44.5 Å². The summed E-state index contributed by atoms with van der Waals surface area (Å²) >= 11 is 1.93. The lowest BCUT2D eigenvalue weighted by Gasteiger charge is -2.18. The predicted molar refractivity (Wildman–Crippen MR) is 98.1 cm³/mol. The summed E-state index contributed by atoms with van der Waals surface area (Å²) in [6, 6.07) is 0.519. The van der Waals surface area contributed by atoms with Gasteiger partial charge in [-0.05, 0) is 39.9 Å². The number of urea groups is 1. The van der Waals surface area contributed by atoms with Crippen LogP contribution in [0.5, 0.6) is 0 Å². The number of carbonyl (C=O) groups is 2. The summed E-state index contributed by atoms with van der Waals surface area (Å²) in [6.07, 6.45) is 4.66. The SMILES string of the molecule is CNCCCN(C)CNC(=O)CCCCC1SCC2NC(=O)NC21. The van der Waals surface area contributed by atoms with Crippen molar-refractivity contribution < 1.29 is 9.59 Å². The molecule has 3 atom stereocenters. The van der Waals surface area contributed by atoms with Crippen molar-refractivity contribution in [3.63, 3.8) is 0 Å². The van der Waals surface area contributed by atoms with E-state index in [2.05, 4.69) is 26.2 Å². The number of hydrogen-bond acceptors (Lipinski definition) is 5. The fourth-order valence-electron chi connectivity index (χ4n) is 3.19. The van der Waals surface area contributed by atoms with Crippen LogP contribution in [-0.4, -0.2) is 73.8 Å². The predicted octanol–water partition coefficient (Wildman–Crippen LogP) is 0.327. The number of fused-ring (bicyclic) bond motifs is 1. The van der Waals surface area contributed by atoms with E-state index in [1.54, 1.807) is 0 Å². The Morgan fingerprint density at radius 3 is 2.96 bits per heavy atom. The third-order valence-electron chi connectivity index (χ3n) is 4.59. The number of amides is 3. The van der Waals surface area contributed by atoms with Gasteiger partial charge in [0.15, 0.2) is 0 Å². The van der Waals surface area contributed by atoms with Crippen molar-refractivity contribution in [2.45, 2.75) is 49.4 Å². The zero-order valence-corrected chi connectivity index (χ0v) is 15.6. The second kappa shape index (κ2) is 10.1. The minimum Gasteiger partial charge on any atom is -0.343 e. The van der Waals surface area contributed by atoms with Gasteiger partial charge in [0.1, 0.15) is 0 Å². The zero-order chi connectivity index (χ0) is 17.4. The summed E-state index contributed by atoms with van der Waals surface area (Å²) in [6.45, 7) is 2.58. The molecule has 2 rings (SSSR count). The van der Waals surface area contributed by atoms with Crippen LogP contribution in [-0.2, 0) is 4.79 Å². The van der Waals surface area contributed by atoms with Gasteiger partial charge in [0.2, 0.25) is 5.91 Å². The summed E-state index contributed by atoms with van der Waals surface area (Å²) in [7, 11) is 3.97. The van der Waals surface area contributed by atoms with Crippen LogP contribution in [0.2, 0.25) is 0 Å². The van der Waals surface area contributed by atoms with E-state index in [-0.39, 0.29) is 24.0 Å². The van der Waals surface area contributed by atoms with Crippen LogP contribution in [0.4, 0.5) is 4.79 Å². The molecule has 4 N–H and O–H groups in total. The van der Waals surface area contributed by atoms with Gasteiger partial charge in [0, 0.05) is 24.0 Å². The van der Waals surface area contributed by atoms with Gasteiger partial charge in [-0.2, -0.15) is 11.8 Å². The van der Waals surface area contributed by atoms with Crippen LogP contribution in [0.3, 0.4) is 0 Å². The Morgan fingerprint density at radius 1 is 1.33 bits per heavy atom. The molecule has 3 unspecified atom stereocenters. The monoisotopic (exact) mass is 357 g/mol. The van der Waals surface area contributed by atoms with E-state index < -0.39 is 0 Å². The lowest BCUT2D eigenvalue weighted by atomic mass is 10.0. The second-order valence-corrected chi connectivity index (χ2v) is 7.93. The van der Waals surface area contributed by atoms with Crippen LogP contribution < -0.4 is 21.3 Å². The van der Waals surface area contributed by atoms with Crippen molar-refractivity contribution in [2.24, 2.45) is 0 Å². The lowest BCUT2D eigenvalue weighted by Crippen LogP contribution is -2.37. The second-order valence-electron chi connectivity index (χ2n) is 6.66. The molecule has 0 bridgehead atoms. The maximum absolute atomic E-state index is 11.9. The molecule has 2 aliphatic rings. The van der Waals surface area contributed by atoms with E-state index in [1.165, 1.54) is 0 Å². The van der Waals surface area contributed by atoms with Crippen LogP contribution in [0.25, 0.3) is 0 Å². The van der Waals surface area contributed by atoms with Crippen molar-refractivity contribution in [2.75, 3.05) is 39.6 Å². The standard InChI is InChI=1S/C16H31N5O2S/c1-17-8-5-9-21(2)11-18-14(22)7-4-3-6-13-15-12(10-24-13)19-16(23)20-15/h12-13,15,17H,3-11H2,1-2H3,(H,18,22)(H2,19,20,23). The number of nitrogens with one attached hydrogen (secondary N) is 4. The molecule has 0 aromatic heterocycles. The first-order chi connectivity index (χ1) is 11.6. The molecule has 0 aromatic carbocycles. The van der Waals surface area contributed by atoms with Crippen LogP contribution in [0.15, 0.2) is 0 Å². The molecule has 2 saturated heterocycles. The van der Waals surface area contributed by atoms with Gasteiger partial charge in [-0.25, -0.2) is 4.79 Å². The van der Waals surface area contributed by atoms with E-state index in [4.69, 9.17) is 0 Å². The molecule has 0 saturated carbocycles. The molecule has 7 nitrogen and oxygen atoms in total. The fraction of sp³-hybridized carbons (Fsp3) is 0.875. The average Bonchev–Trinajstić information content (AvgIpc) is 3.09. The molecule has 3 amide bonds. The Labute approximate surface area is 149 Å². The third-order valence-corrected chi connectivity index (χ3v) is 6.10. The molecule has 138 valence electrons. The number of rotatable bonds is 11. The van der Waals surface area contributed by atoms with Crippen molar-refractivity contribution >= 4 is 23.7 Å². The molecule has 24 heavy (non-hydrogen) atoms. The highest BCUT2D eigenvalue weighted by molar-refractivity contribution is 8.00. The van der Waals surface area contributed by atoms with E-state index >= 15 is 0 Å². The zero-order valence-electron chi connectivity index (χ0n) is 14.8. The highest BCUT2D eigenvalue weighted by atomic mass is 32.2. The minimum absolute atomic E-state index is 0.0338. The van der Waals surface area contributed by atoms with E-state index in [0.29, 0.717) is 18.3 Å². The summed E-state index contributed by atoms with van der Waals surface area (Å²) in [5, 5.41) is 12.5. The number of nitrogens with zero attached hydrogens (tertiary/aromatic N) is 1. The van der Waals surface area contributed by atoms with Gasteiger partial charge in [0.25, 0.3) is 0 Å². The Bertz CT molecular complexity index is 423. The quantitative estimate of drug-likeness (QED) is 0.243. The molecule has 2 aliphatic heterocycles. The van der Waals surface area contributed by atoms with Crippen molar-refractivity contribution in [3.05, 3.63) is 0 Å². The lowest BCUT2D eigenvalue weighted by molar-refractivity contribution is -0.121. The number of carbonyl (C=O) groups excluding carboxylic acids is 2. The number of hydrogen-bond donors (Lipinski definition) is 4. The van der Waals surface area contributed by atoms with Crippen molar-refractivity contribution in [3.8, 4) is 0 Å². The highest BCUT2D eigenvalue weighted by Crippen LogP contribution is 2.33. The molecule has 0 aliphatic carbocycles. The molecule has 0 spiro atoms. The summed E-state index contributed by atoms with van der Waals surface area (Å²) < 4.78 is 0. The number of unbranched alkanes of at least 4 members (excludes halogenated alkanes) is 1. The molecule has 0 radical (unpaired) electrons. The molecule has 2 fully saturated rings. The van der Waals surface area contributed by atoms with Crippen LogP contribution >= 0.6 is 11.8 Å². The van der Waals surface area contributed by atoms with E-state index in [1.807, 2.05) is 25.9 Å². The van der Waals surface area contributed by atoms with Gasteiger partial charge in [0.05, 0.1) is 18.8 Å². The Hall–Kier alpha value is -0.990. The Morgan fingerprint density at radius 2 is 2.17 bits per heavy atom. The maximum Gasteiger partial charge on any atom is 0.315 e. The van der Waals surface area contributed by atoms with Gasteiger partial charge >= 0.3 is 6.03 Å². The van der Waals surface area contributed by atoms with Gasteiger partial charge < -0.3 is 21.3 Å². The summed E-state index contributed by atoms with van der Waals surface area (Å²) in [5.41, 5.74) is 0. The van der Waals surface area contributed by atoms with Crippen molar-refractivity contribution in [1.29, 1.82) is 0 Å². The van der Waals surface area contributed by atoms with Crippen molar-refractivity contribution in [1.82, 2.24) is 26.2 Å². The molecule has 8 heteroatoms. The fourth-order valence-corrected chi connectivity index (χ4v) is 4.73. The minimum atomic E-state index is -0.0338. The normalized spacial score (nSPS) is 25.5. The van der Waals surface area contributed by atoms with Crippen LogP contribution in [0, 0.1) is 0 Å².